The zero-order chi connectivity index (χ0) is 10.7. The summed E-state index contributed by atoms with van der Waals surface area (Å²) in [6.07, 6.45) is 1.45. The Morgan fingerprint density at radius 1 is 1.33 bits per heavy atom. The summed E-state index contributed by atoms with van der Waals surface area (Å²) in [5, 5.41) is 10.2. The number of nitrogens with zero attached hydrogens (tertiary/aromatic N) is 2. The predicted octanol–water partition coefficient (Wildman–Crippen LogP) is 1.81. The van der Waals surface area contributed by atoms with E-state index < -0.39 is 5.97 Å². The Morgan fingerprint density at radius 3 is 2.93 bits per heavy atom. The molecule has 1 aromatic heterocycles. The molecule has 4 nitrogen and oxygen atoms in total. The molecule has 0 saturated carbocycles. The maximum absolute atomic E-state index is 10.4. The van der Waals surface area contributed by atoms with E-state index in [0.29, 0.717) is 5.03 Å². The summed E-state index contributed by atoms with van der Waals surface area (Å²) in [7, 11) is 0. The second-order valence-electron chi connectivity index (χ2n) is 2.88. The lowest BCUT2D eigenvalue weighted by Crippen LogP contribution is -1.98. The Bertz CT molecular complexity index is 496. The number of carbonyl (C=O) groups is 1. The lowest BCUT2D eigenvalue weighted by molar-refractivity contribution is -0.133. The van der Waals surface area contributed by atoms with Crippen LogP contribution in [0.1, 0.15) is 0 Å². The highest BCUT2D eigenvalue weighted by molar-refractivity contribution is 8.00. The summed E-state index contributed by atoms with van der Waals surface area (Å²) in [4.78, 5) is 18.6. The fourth-order valence-corrected chi connectivity index (χ4v) is 1.94. The van der Waals surface area contributed by atoms with E-state index in [4.69, 9.17) is 5.11 Å². The lowest BCUT2D eigenvalue weighted by atomic mass is 10.2. The zero-order valence-corrected chi connectivity index (χ0v) is 8.57. The summed E-state index contributed by atoms with van der Waals surface area (Å²) < 4.78 is 0. The average Bonchev–Trinajstić information content (AvgIpc) is 2.26. The first kappa shape index (κ1) is 9.92. The number of carboxylic acids is 1. The topological polar surface area (TPSA) is 63.1 Å². The van der Waals surface area contributed by atoms with Gasteiger partial charge in [-0.25, -0.2) is 9.97 Å². The number of benzene rings is 1. The van der Waals surface area contributed by atoms with Gasteiger partial charge in [0.1, 0.15) is 11.4 Å². The van der Waals surface area contributed by atoms with Gasteiger partial charge in [-0.2, -0.15) is 0 Å². The predicted molar refractivity (Wildman–Crippen MR) is 57.9 cm³/mol. The van der Waals surface area contributed by atoms with E-state index in [1.54, 1.807) is 0 Å². The van der Waals surface area contributed by atoms with Crippen molar-refractivity contribution in [3.8, 4) is 0 Å². The maximum Gasteiger partial charge on any atom is 0.313 e. The molecule has 0 fully saturated rings. The number of fused-ring (bicyclic) bond motifs is 1. The van der Waals surface area contributed by atoms with Crippen LogP contribution in [-0.4, -0.2) is 26.8 Å². The molecule has 0 atom stereocenters. The van der Waals surface area contributed by atoms with Crippen molar-refractivity contribution >= 4 is 28.6 Å². The molecule has 0 aliphatic rings. The van der Waals surface area contributed by atoms with Crippen molar-refractivity contribution in [1.82, 2.24) is 9.97 Å². The Kier molecular flexibility index (Phi) is 2.82. The molecule has 1 heterocycles. The van der Waals surface area contributed by atoms with Crippen LogP contribution in [0.15, 0.2) is 35.6 Å². The molecule has 5 heteroatoms. The van der Waals surface area contributed by atoms with E-state index in [9.17, 15) is 4.79 Å². The van der Waals surface area contributed by atoms with Crippen molar-refractivity contribution in [1.29, 1.82) is 0 Å². The van der Waals surface area contributed by atoms with Gasteiger partial charge in [-0.1, -0.05) is 30.0 Å². The van der Waals surface area contributed by atoms with Crippen molar-refractivity contribution in [2.45, 2.75) is 5.03 Å². The van der Waals surface area contributed by atoms with Crippen LogP contribution in [0.3, 0.4) is 0 Å². The van der Waals surface area contributed by atoms with Gasteiger partial charge in [0, 0.05) is 5.39 Å². The number of aliphatic carboxylic acids is 1. The summed E-state index contributed by atoms with van der Waals surface area (Å²) in [6.45, 7) is 0. The van der Waals surface area contributed by atoms with Gasteiger partial charge in [-0.05, 0) is 6.07 Å². The van der Waals surface area contributed by atoms with Crippen LogP contribution in [0.4, 0.5) is 0 Å². The molecular formula is C10H8N2O2S. The normalized spacial score (nSPS) is 10.4. The molecule has 0 radical (unpaired) electrons. The molecule has 1 aromatic carbocycles. The van der Waals surface area contributed by atoms with Gasteiger partial charge in [0.05, 0.1) is 11.3 Å². The Morgan fingerprint density at radius 2 is 2.13 bits per heavy atom. The minimum Gasteiger partial charge on any atom is -0.481 e. The van der Waals surface area contributed by atoms with Gasteiger partial charge >= 0.3 is 5.97 Å². The quantitative estimate of drug-likeness (QED) is 0.631. The number of rotatable bonds is 3. The largest absolute Gasteiger partial charge is 0.481 e. The van der Waals surface area contributed by atoms with Crippen molar-refractivity contribution in [3.63, 3.8) is 0 Å². The number of thioether (sulfide) groups is 1. The van der Waals surface area contributed by atoms with Gasteiger partial charge in [-0.3, -0.25) is 4.79 Å². The fourth-order valence-electron chi connectivity index (χ4n) is 1.23. The third-order valence-corrected chi connectivity index (χ3v) is 2.83. The van der Waals surface area contributed by atoms with Crippen LogP contribution >= 0.6 is 11.8 Å². The van der Waals surface area contributed by atoms with E-state index in [1.807, 2.05) is 24.3 Å². The average molecular weight is 220 g/mol. The van der Waals surface area contributed by atoms with Gasteiger partial charge in [0.15, 0.2) is 0 Å². The van der Waals surface area contributed by atoms with Crippen molar-refractivity contribution < 1.29 is 9.90 Å². The molecule has 15 heavy (non-hydrogen) atoms. The minimum absolute atomic E-state index is 0.0149. The number of aromatic nitrogens is 2. The molecule has 76 valence electrons. The molecule has 2 aromatic rings. The van der Waals surface area contributed by atoms with Gasteiger partial charge in [-0.15, -0.1) is 0 Å². The minimum atomic E-state index is -0.845. The molecule has 0 aliphatic carbocycles. The summed E-state index contributed by atoms with van der Waals surface area (Å²) in [5.41, 5.74) is 0.834. The Labute approximate surface area is 90.4 Å². The molecule has 1 N–H and O–H groups in total. The highest BCUT2D eigenvalue weighted by atomic mass is 32.2. The van der Waals surface area contributed by atoms with Crippen LogP contribution in [0.25, 0.3) is 10.9 Å². The van der Waals surface area contributed by atoms with Crippen LogP contribution in [-0.2, 0) is 4.79 Å². The zero-order valence-electron chi connectivity index (χ0n) is 7.75. The van der Waals surface area contributed by atoms with E-state index in [0.717, 1.165) is 10.9 Å². The van der Waals surface area contributed by atoms with Gasteiger partial charge < -0.3 is 5.11 Å². The van der Waals surface area contributed by atoms with Crippen molar-refractivity contribution in [2.75, 3.05) is 5.75 Å². The van der Waals surface area contributed by atoms with Crippen LogP contribution < -0.4 is 0 Å². The van der Waals surface area contributed by atoms with E-state index in [2.05, 4.69) is 9.97 Å². The molecule has 0 unspecified atom stereocenters. The van der Waals surface area contributed by atoms with Gasteiger partial charge in [0.25, 0.3) is 0 Å². The first-order valence-electron chi connectivity index (χ1n) is 4.32. The molecular weight excluding hydrogens is 212 g/mol. The van der Waals surface area contributed by atoms with E-state index in [1.165, 1.54) is 18.1 Å². The lowest BCUT2D eigenvalue weighted by Gasteiger charge is -2.01. The molecule has 0 spiro atoms. The molecule has 0 aliphatic heterocycles. The third-order valence-electron chi connectivity index (χ3n) is 1.84. The maximum atomic E-state index is 10.4. The summed E-state index contributed by atoms with van der Waals surface area (Å²) >= 11 is 1.21. The highest BCUT2D eigenvalue weighted by Crippen LogP contribution is 2.23. The molecule has 2 rings (SSSR count). The summed E-state index contributed by atoms with van der Waals surface area (Å²) in [6, 6.07) is 7.54. The highest BCUT2D eigenvalue weighted by Gasteiger charge is 2.05. The number of carboxylic acid groups (broad SMARTS) is 1. The molecule has 0 bridgehead atoms. The number of hydrogen-bond donors (Lipinski definition) is 1. The summed E-state index contributed by atoms with van der Waals surface area (Å²) in [5.74, 6) is -0.830. The third kappa shape index (κ3) is 2.24. The van der Waals surface area contributed by atoms with Crippen LogP contribution in [0.5, 0.6) is 0 Å². The molecule has 0 amide bonds. The SMILES string of the molecule is O=C(O)CSc1ncnc2ccccc12. The standard InChI is InChI=1S/C10H8N2O2S/c13-9(14)5-15-10-7-3-1-2-4-8(7)11-6-12-10/h1-4,6H,5H2,(H,13,14). The van der Waals surface area contributed by atoms with Gasteiger partial charge in [0.2, 0.25) is 0 Å². The van der Waals surface area contributed by atoms with Crippen molar-refractivity contribution in [2.24, 2.45) is 0 Å². The Balaban J connectivity index is 2.38. The van der Waals surface area contributed by atoms with Crippen LogP contribution in [0.2, 0.25) is 0 Å². The van der Waals surface area contributed by atoms with Crippen LogP contribution in [0, 0.1) is 0 Å². The van der Waals surface area contributed by atoms with E-state index in [-0.39, 0.29) is 5.75 Å². The fraction of sp³-hybridized carbons (Fsp3) is 0.100. The second kappa shape index (κ2) is 4.27. The smallest absolute Gasteiger partial charge is 0.313 e. The first-order valence-corrected chi connectivity index (χ1v) is 5.30. The number of hydrogen-bond acceptors (Lipinski definition) is 4. The van der Waals surface area contributed by atoms with Crippen molar-refractivity contribution in [3.05, 3.63) is 30.6 Å². The second-order valence-corrected chi connectivity index (χ2v) is 3.84. The van der Waals surface area contributed by atoms with E-state index >= 15 is 0 Å². The molecule has 0 saturated heterocycles. The monoisotopic (exact) mass is 220 g/mol. The number of para-hydroxylation sites is 1. The Hall–Kier alpha value is -1.62. The first-order chi connectivity index (χ1) is 7.27.